The highest BCUT2D eigenvalue weighted by Gasteiger charge is 2.29. The van der Waals surface area contributed by atoms with E-state index in [9.17, 15) is 31.2 Å². The SMILES string of the molecule is CC(=O)N(N=[N+]=[N-])C1=CCC(=S(=O)=O)C=C1.[N-]=[N+]=NC1=C(N2C(=O)C=CC2=O)C=CC(=S(=O)=O)C1. The molecule has 0 saturated heterocycles. The van der Waals surface area contributed by atoms with Gasteiger partial charge < -0.3 is 0 Å². The highest BCUT2D eigenvalue weighted by atomic mass is 32.2. The molecular formula is C18H14N8O7S2. The molecule has 0 unspecified atom stereocenters. The third-order valence-corrected chi connectivity index (χ3v) is 5.77. The van der Waals surface area contributed by atoms with Crippen molar-refractivity contribution in [2.24, 2.45) is 10.3 Å². The number of hydrogen-bond acceptors (Lipinski definition) is 9. The third-order valence-electron chi connectivity index (χ3n) is 4.33. The average Bonchev–Trinajstić information content (AvgIpc) is 3.15. The number of hydrogen-bond donors (Lipinski definition) is 0. The van der Waals surface area contributed by atoms with E-state index in [1.807, 2.05) is 0 Å². The molecule has 17 heteroatoms. The number of nitrogens with zero attached hydrogens (tertiary/aromatic N) is 8. The first-order valence-electron chi connectivity index (χ1n) is 9.27. The highest BCUT2D eigenvalue weighted by Crippen LogP contribution is 2.24. The summed E-state index contributed by atoms with van der Waals surface area (Å²) < 4.78 is 42.9. The Balaban J connectivity index is 0.000000251. The minimum Gasteiger partial charge on any atom is -0.269 e. The van der Waals surface area contributed by atoms with Crippen molar-refractivity contribution in [2.75, 3.05) is 0 Å². The molecule has 0 bridgehead atoms. The van der Waals surface area contributed by atoms with E-state index < -0.39 is 38.3 Å². The van der Waals surface area contributed by atoms with Crippen molar-refractivity contribution in [1.82, 2.24) is 9.91 Å². The molecule has 1 heterocycles. The molecule has 0 saturated carbocycles. The van der Waals surface area contributed by atoms with Crippen LogP contribution in [-0.2, 0) is 35.0 Å². The number of azide groups is 2. The van der Waals surface area contributed by atoms with Gasteiger partial charge in [-0.3, -0.25) is 9.59 Å². The predicted molar refractivity (Wildman–Crippen MR) is 122 cm³/mol. The number of allylic oxidation sites excluding steroid dienone is 6. The molecule has 0 atom stereocenters. The average molecular weight is 518 g/mol. The summed E-state index contributed by atoms with van der Waals surface area (Å²) in [5, 5.41) is 7.41. The maximum absolute atomic E-state index is 11.5. The summed E-state index contributed by atoms with van der Waals surface area (Å²) >= 11 is 0. The van der Waals surface area contributed by atoms with Crippen molar-refractivity contribution in [3.05, 3.63) is 80.5 Å². The van der Waals surface area contributed by atoms with Gasteiger partial charge in [-0.1, -0.05) is 5.11 Å². The number of carbonyl (C=O) groups excluding carboxylic acids is 3. The molecule has 180 valence electrons. The molecule has 3 amide bonds. The van der Waals surface area contributed by atoms with Crippen LogP contribution in [0.25, 0.3) is 20.9 Å². The lowest BCUT2D eigenvalue weighted by Crippen LogP contribution is -2.30. The minimum atomic E-state index is -2.45. The van der Waals surface area contributed by atoms with E-state index in [1.165, 1.54) is 37.3 Å². The van der Waals surface area contributed by atoms with Crippen molar-refractivity contribution < 1.29 is 31.2 Å². The Morgan fingerprint density at radius 2 is 1.54 bits per heavy atom. The quantitative estimate of drug-likeness (QED) is 0.133. The number of imide groups is 1. The summed E-state index contributed by atoms with van der Waals surface area (Å²) in [6.45, 7) is 1.24. The fraction of sp³-hybridized carbons (Fsp3) is 0.167. The van der Waals surface area contributed by atoms with E-state index in [-0.39, 0.29) is 34.0 Å². The Morgan fingerprint density at radius 3 is 2.00 bits per heavy atom. The molecule has 0 N–H and O–H groups in total. The van der Waals surface area contributed by atoms with Crippen molar-refractivity contribution in [2.45, 2.75) is 19.8 Å². The third kappa shape index (κ3) is 6.66. The van der Waals surface area contributed by atoms with Crippen molar-refractivity contribution in [1.29, 1.82) is 0 Å². The van der Waals surface area contributed by atoms with Crippen LogP contribution in [0.3, 0.4) is 0 Å². The van der Waals surface area contributed by atoms with Crippen LogP contribution >= 0.6 is 0 Å². The molecule has 2 aliphatic carbocycles. The van der Waals surface area contributed by atoms with Crippen LogP contribution in [0.5, 0.6) is 0 Å². The van der Waals surface area contributed by atoms with Crippen LogP contribution in [0.2, 0.25) is 0 Å². The van der Waals surface area contributed by atoms with Crippen molar-refractivity contribution >= 4 is 48.0 Å². The van der Waals surface area contributed by atoms with Gasteiger partial charge in [0.05, 0.1) is 15.4 Å². The molecule has 0 aromatic heterocycles. The molecule has 0 aromatic rings. The lowest BCUT2D eigenvalue weighted by atomic mass is 10.1. The molecule has 0 aromatic carbocycles. The van der Waals surface area contributed by atoms with Crippen LogP contribution < -0.4 is 0 Å². The van der Waals surface area contributed by atoms with Gasteiger partial charge in [0, 0.05) is 42.5 Å². The van der Waals surface area contributed by atoms with Gasteiger partial charge in [0.15, 0.2) is 0 Å². The number of carbonyl (C=O) groups is 3. The van der Waals surface area contributed by atoms with E-state index >= 15 is 0 Å². The summed E-state index contributed by atoms with van der Waals surface area (Å²) in [7, 11) is -4.72. The second-order valence-corrected chi connectivity index (χ2v) is 8.44. The van der Waals surface area contributed by atoms with Crippen LogP contribution in [0, 0.1) is 0 Å². The maximum Gasteiger partial charge on any atom is 0.314 e. The zero-order valence-corrected chi connectivity index (χ0v) is 19.3. The number of rotatable bonds is 4. The van der Waals surface area contributed by atoms with Gasteiger partial charge in [-0.25, -0.2) is 9.69 Å². The minimum absolute atomic E-state index is 0.00889. The predicted octanol–water partition coefficient (Wildman–Crippen LogP) is 1.40. The Morgan fingerprint density at radius 1 is 0.943 bits per heavy atom. The van der Waals surface area contributed by atoms with Gasteiger partial charge in [-0.2, -0.15) is 21.7 Å². The molecule has 0 radical (unpaired) electrons. The van der Waals surface area contributed by atoms with Crippen LogP contribution in [-0.4, -0.2) is 54.2 Å². The molecule has 35 heavy (non-hydrogen) atoms. The second kappa shape index (κ2) is 12.0. The first-order valence-corrected chi connectivity index (χ1v) is 11.4. The molecule has 3 rings (SSSR count). The van der Waals surface area contributed by atoms with Gasteiger partial charge in [0.25, 0.3) is 11.8 Å². The van der Waals surface area contributed by atoms with E-state index in [0.717, 1.165) is 22.1 Å². The smallest absolute Gasteiger partial charge is 0.269 e. The second-order valence-electron chi connectivity index (χ2n) is 6.45. The monoisotopic (exact) mass is 518 g/mol. The van der Waals surface area contributed by atoms with Crippen molar-refractivity contribution in [3.63, 3.8) is 0 Å². The van der Waals surface area contributed by atoms with E-state index in [0.29, 0.717) is 5.70 Å². The van der Waals surface area contributed by atoms with Gasteiger partial charge in [0.2, 0.25) is 20.6 Å². The largest absolute Gasteiger partial charge is 0.314 e. The Labute approximate surface area is 199 Å². The summed E-state index contributed by atoms with van der Waals surface area (Å²) in [5.41, 5.74) is 17.2. The van der Waals surface area contributed by atoms with E-state index in [1.54, 1.807) is 0 Å². The van der Waals surface area contributed by atoms with Crippen LogP contribution in [0.15, 0.2) is 70.0 Å². The summed E-state index contributed by atoms with van der Waals surface area (Å²) in [6, 6.07) is 0. The van der Waals surface area contributed by atoms with Gasteiger partial charge in [-0.05, 0) is 41.1 Å². The van der Waals surface area contributed by atoms with E-state index in [4.69, 9.17) is 11.1 Å². The zero-order valence-electron chi connectivity index (χ0n) is 17.7. The fourth-order valence-corrected chi connectivity index (χ4v) is 3.65. The van der Waals surface area contributed by atoms with Crippen LogP contribution in [0.4, 0.5) is 0 Å². The summed E-state index contributed by atoms with van der Waals surface area (Å²) in [5.74, 6) is -1.58. The standard InChI is InChI=1S/C10H6N4O4S.C8H8N4O3S/c11-13-12-7-5-6(19(17)18)1-2-8(7)14-9(15)3-4-10(14)16;1-6(13)12(11-10-9)7-2-4-8(5-3-7)16(14)15/h1-4H,5H2;2-4H,5H2,1H3. The highest BCUT2D eigenvalue weighted by molar-refractivity contribution is 7.73. The fourth-order valence-electron chi connectivity index (χ4n) is 2.82. The normalized spacial score (nSPS) is 16.1. The molecule has 0 fully saturated rings. The number of amides is 3. The zero-order chi connectivity index (χ0) is 26.1. The molecule has 0 spiro atoms. The Kier molecular flexibility index (Phi) is 9.08. The summed E-state index contributed by atoms with van der Waals surface area (Å²) in [4.78, 5) is 40.3. The Hall–Kier alpha value is -4.69. The lowest BCUT2D eigenvalue weighted by molar-refractivity contribution is -0.134. The first kappa shape index (κ1) is 26.6. The van der Waals surface area contributed by atoms with Gasteiger partial charge in [-0.15, -0.1) is 10.5 Å². The van der Waals surface area contributed by atoms with E-state index in [2.05, 4.69) is 20.2 Å². The van der Waals surface area contributed by atoms with Gasteiger partial charge in [0.1, 0.15) is 5.70 Å². The van der Waals surface area contributed by atoms with Crippen LogP contribution in [0.1, 0.15) is 19.8 Å². The Bertz CT molecular complexity index is 1500. The first-order chi connectivity index (χ1) is 16.6. The molecule has 3 aliphatic rings. The lowest BCUT2D eigenvalue weighted by Gasteiger charge is -2.20. The molecule has 1 aliphatic heterocycles. The topological polar surface area (TPSA) is 223 Å². The van der Waals surface area contributed by atoms with Gasteiger partial charge >= 0.3 is 5.91 Å². The van der Waals surface area contributed by atoms with Crippen molar-refractivity contribution in [3.8, 4) is 0 Å². The molecular weight excluding hydrogens is 504 g/mol. The summed E-state index contributed by atoms with van der Waals surface area (Å²) in [6.07, 6.45) is 8.97. The molecule has 15 nitrogen and oxygen atoms in total. The maximum atomic E-state index is 11.5.